The van der Waals surface area contributed by atoms with E-state index in [0.717, 1.165) is 26.1 Å². The van der Waals surface area contributed by atoms with Crippen molar-refractivity contribution in [1.29, 1.82) is 0 Å². The minimum atomic E-state index is 0.259. The van der Waals surface area contributed by atoms with E-state index in [1.54, 1.807) is 7.11 Å². The van der Waals surface area contributed by atoms with Gasteiger partial charge in [-0.25, -0.2) is 0 Å². The summed E-state index contributed by atoms with van der Waals surface area (Å²) < 4.78 is 5.37. The molecule has 0 aromatic heterocycles. The molecule has 0 radical (unpaired) electrons. The van der Waals surface area contributed by atoms with Crippen molar-refractivity contribution in [3.05, 3.63) is 33.8 Å². The monoisotopic (exact) mass is 285 g/mol. The molecule has 2 nitrogen and oxygen atoms in total. The molecule has 2 aliphatic rings. The van der Waals surface area contributed by atoms with Gasteiger partial charge < -0.3 is 10.1 Å². The van der Waals surface area contributed by atoms with E-state index < -0.39 is 0 Å². The van der Waals surface area contributed by atoms with Gasteiger partial charge in [-0.05, 0) is 49.0 Å². The zero-order valence-corrected chi connectivity index (χ0v) is 11.9. The number of fused-ring (bicyclic) bond motifs is 1. The van der Waals surface area contributed by atoms with Gasteiger partial charge in [-0.1, -0.05) is 29.3 Å². The second kappa shape index (κ2) is 4.68. The second-order valence-corrected chi connectivity index (χ2v) is 6.11. The Balaban J connectivity index is 1.95. The van der Waals surface area contributed by atoms with Crippen molar-refractivity contribution < 1.29 is 4.74 Å². The summed E-state index contributed by atoms with van der Waals surface area (Å²) in [4.78, 5) is 0. The lowest BCUT2D eigenvalue weighted by molar-refractivity contribution is 0.175. The van der Waals surface area contributed by atoms with E-state index in [2.05, 4.69) is 11.4 Å². The Labute approximate surface area is 118 Å². The lowest BCUT2D eigenvalue weighted by atomic mass is 9.86. The predicted molar refractivity (Wildman–Crippen MR) is 74.5 cm³/mol. The Morgan fingerprint density at radius 1 is 1.39 bits per heavy atom. The molecule has 1 aromatic rings. The molecule has 1 N–H and O–H groups in total. The van der Waals surface area contributed by atoms with Gasteiger partial charge >= 0.3 is 0 Å². The highest BCUT2D eigenvalue weighted by molar-refractivity contribution is 6.42. The van der Waals surface area contributed by atoms with Crippen LogP contribution in [0.4, 0.5) is 0 Å². The van der Waals surface area contributed by atoms with Gasteiger partial charge in [0.15, 0.2) is 0 Å². The van der Waals surface area contributed by atoms with E-state index in [1.165, 1.54) is 5.56 Å². The smallest absolute Gasteiger partial charge is 0.0595 e. The van der Waals surface area contributed by atoms with Crippen LogP contribution in [0.25, 0.3) is 0 Å². The zero-order valence-electron chi connectivity index (χ0n) is 10.4. The van der Waals surface area contributed by atoms with E-state index in [4.69, 9.17) is 27.9 Å². The molecule has 2 fully saturated rings. The first kappa shape index (κ1) is 12.7. The average Bonchev–Trinajstić information content (AvgIpc) is 3.03. The van der Waals surface area contributed by atoms with Gasteiger partial charge in [-0.2, -0.15) is 0 Å². The number of halogens is 2. The van der Waals surface area contributed by atoms with Crippen LogP contribution >= 0.6 is 23.2 Å². The van der Waals surface area contributed by atoms with E-state index in [9.17, 15) is 0 Å². The summed E-state index contributed by atoms with van der Waals surface area (Å²) in [6.45, 7) is 2.97. The highest BCUT2D eigenvalue weighted by Crippen LogP contribution is 2.63. The molecule has 1 aromatic carbocycles. The lowest BCUT2D eigenvalue weighted by Gasteiger charge is -2.24. The van der Waals surface area contributed by atoms with Crippen LogP contribution in [0, 0.1) is 11.8 Å². The van der Waals surface area contributed by atoms with Gasteiger partial charge in [-0.15, -0.1) is 0 Å². The summed E-state index contributed by atoms with van der Waals surface area (Å²) in [5, 5.41) is 4.76. The molecule has 3 rings (SSSR count). The van der Waals surface area contributed by atoms with Crippen molar-refractivity contribution in [3.63, 3.8) is 0 Å². The van der Waals surface area contributed by atoms with Crippen LogP contribution < -0.4 is 5.32 Å². The number of hydrogen-bond donors (Lipinski definition) is 1. The molecule has 1 saturated carbocycles. The Bertz CT molecular complexity index is 465. The van der Waals surface area contributed by atoms with Gasteiger partial charge in [0.2, 0.25) is 0 Å². The first-order valence-corrected chi connectivity index (χ1v) is 7.11. The van der Waals surface area contributed by atoms with E-state index in [1.807, 2.05) is 12.1 Å². The summed E-state index contributed by atoms with van der Waals surface area (Å²) in [5.74, 6) is 1.28. The molecule has 1 aliphatic carbocycles. The molecule has 1 heterocycles. The summed E-state index contributed by atoms with van der Waals surface area (Å²) in [5.41, 5.74) is 1.58. The minimum Gasteiger partial charge on any atom is -0.384 e. The maximum Gasteiger partial charge on any atom is 0.0595 e. The molecule has 98 valence electrons. The van der Waals surface area contributed by atoms with Gasteiger partial charge in [-0.3, -0.25) is 0 Å². The standard InChI is InChI=1S/C14H17Cl2NO/c1-18-8-11-10-7-17-5-4-14(10,11)9-2-3-12(15)13(16)6-9/h2-3,6,10-11,17H,4-5,7-8H2,1H3/t10-,11+,14+/m1/s1. The zero-order chi connectivity index (χ0) is 12.8. The van der Waals surface area contributed by atoms with Crippen molar-refractivity contribution in [2.24, 2.45) is 11.8 Å². The van der Waals surface area contributed by atoms with Crippen molar-refractivity contribution >= 4 is 23.2 Å². The Kier molecular flexibility index (Phi) is 3.31. The molecule has 3 atom stereocenters. The Morgan fingerprint density at radius 3 is 2.94 bits per heavy atom. The molecule has 0 unspecified atom stereocenters. The predicted octanol–water partition coefficient (Wildman–Crippen LogP) is 3.12. The molecule has 1 saturated heterocycles. The SMILES string of the molecule is COC[C@H]1[C@H]2CNCC[C@]21c1ccc(Cl)c(Cl)c1. The molecule has 18 heavy (non-hydrogen) atoms. The molecule has 0 bridgehead atoms. The number of benzene rings is 1. The normalized spacial score (nSPS) is 34.2. The quantitative estimate of drug-likeness (QED) is 0.921. The van der Waals surface area contributed by atoms with Crippen molar-refractivity contribution in [3.8, 4) is 0 Å². The van der Waals surface area contributed by atoms with Crippen LogP contribution in [0.2, 0.25) is 10.0 Å². The number of nitrogens with one attached hydrogen (secondary N) is 1. The fourth-order valence-electron chi connectivity index (χ4n) is 3.66. The molecule has 1 aliphatic heterocycles. The number of rotatable bonds is 3. The van der Waals surface area contributed by atoms with Crippen molar-refractivity contribution in [2.45, 2.75) is 11.8 Å². The average molecular weight is 286 g/mol. The second-order valence-electron chi connectivity index (χ2n) is 5.29. The van der Waals surface area contributed by atoms with Crippen molar-refractivity contribution in [2.75, 3.05) is 26.8 Å². The van der Waals surface area contributed by atoms with Crippen LogP contribution in [-0.4, -0.2) is 26.8 Å². The molecule has 0 amide bonds. The van der Waals surface area contributed by atoms with Crippen LogP contribution in [0.15, 0.2) is 18.2 Å². The summed E-state index contributed by atoms with van der Waals surface area (Å²) >= 11 is 12.2. The number of ether oxygens (including phenoxy) is 1. The first-order valence-electron chi connectivity index (χ1n) is 6.35. The largest absolute Gasteiger partial charge is 0.384 e. The number of methoxy groups -OCH3 is 1. The number of hydrogen-bond acceptors (Lipinski definition) is 2. The van der Waals surface area contributed by atoms with Gasteiger partial charge in [0, 0.05) is 12.5 Å². The fourth-order valence-corrected chi connectivity index (χ4v) is 3.95. The van der Waals surface area contributed by atoms with Crippen LogP contribution in [0.1, 0.15) is 12.0 Å². The van der Waals surface area contributed by atoms with Crippen LogP contribution in [0.5, 0.6) is 0 Å². The maximum absolute atomic E-state index is 6.16. The third kappa shape index (κ3) is 1.78. The molecule has 4 heteroatoms. The fraction of sp³-hybridized carbons (Fsp3) is 0.571. The van der Waals surface area contributed by atoms with Crippen LogP contribution in [-0.2, 0) is 10.2 Å². The molecular weight excluding hydrogens is 269 g/mol. The maximum atomic E-state index is 6.16. The lowest BCUT2D eigenvalue weighted by Crippen LogP contribution is -2.31. The van der Waals surface area contributed by atoms with Gasteiger partial charge in [0.25, 0.3) is 0 Å². The molecular formula is C14H17Cl2NO. The van der Waals surface area contributed by atoms with E-state index in [0.29, 0.717) is 21.9 Å². The topological polar surface area (TPSA) is 21.3 Å². The van der Waals surface area contributed by atoms with Crippen molar-refractivity contribution in [1.82, 2.24) is 5.32 Å². The number of piperidine rings is 1. The first-order chi connectivity index (χ1) is 8.70. The Hall–Kier alpha value is -0.280. The highest BCUT2D eigenvalue weighted by atomic mass is 35.5. The Morgan fingerprint density at radius 2 is 2.22 bits per heavy atom. The van der Waals surface area contributed by atoms with Gasteiger partial charge in [0.1, 0.15) is 0 Å². The summed E-state index contributed by atoms with van der Waals surface area (Å²) in [6.07, 6.45) is 1.16. The molecule has 0 spiro atoms. The van der Waals surface area contributed by atoms with Crippen LogP contribution in [0.3, 0.4) is 0 Å². The third-order valence-corrected chi connectivity index (χ3v) is 5.32. The summed E-state index contributed by atoms with van der Waals surface area (Å²) in [7, 11) is 1.78. The van der Waals surface area contributed by atoms with E-state index >= 15 is 0 Å². The highest BCUT2D eigenvalue weighted by Gasteiger charge is 2.65. The van der Waals surface area contributed by atoms with E-state index in [-0.39, 0.29) is 5.41 Å². The third-order valence-electron chi connectivity index (χ3n) is 4.58. The van der Waals surface area contributed by atoms with Gasteiger partial charge in [0.05, 0.1) is 16.7 Å². The summed E-state index contributed by atoms with van der Waals surface area (Å²) in [6, 6.07) is 6.08. The minimum absolute atomic E-state index is 0.259.